The molecule has 3 atom stereocenters. The van der Waals surface area contributed by atoms with Gasteiger partial charge in [0.15, 0.2) is 0 Å². The normalized spacial score (nSPS) is 25.5. The molecule has 0 amide bonds. The molecule has 2 heterocycles. The molecule has 1 saturated heterocycles. The number of halogens is 1. The van der Waals surface area contributed by atoms with Gasteiger partial charge < -0.3 is 9.84 Å². The number of aliphatic hydroxyl groups is 1. The Kier molecular flexibility index (Phi) is 4.96. The van der Waals surface area contributed by atoms with Gasteiger partial charge in [-0.1, -0.05) is 6.92 Å². The first-order valence-electron chi connectivity index (χ1n) is 7.46. The number of pyridine rings is 1. The van der Waals surface area contributed by atoms with Gasteiger partial charge in [-0.2, -0.15) is 0 Å². The van der Waals surface area contributed by atoms with Crippen LogP contribution in [-0.4, -0.2) is 46.3 Å². The lowest BCUT2D eigenvalue weighted by atomic mass is 9.98. The van der Waals surface area contributed by atoms with Gasteiger partial charge in [-0.25, -0.2) is 4.39 Å². The third-order valence-electron chi connectivity index (χ3n) is 3.78. The third kappa shape index (κ3) is 4.46. The molecule has 21 heavy (non-hydrogen) atoms. The van der Waals surface area contributed by atoms with E-state index in [1.54, 1.807) is 6.07 Å². The van der Waals surface area contributed by atoms with E-state index in [9.17, 15) is 9.50 Å². The molecule has 0 bridgehead atoms. The van der Waals surface area contributed by atoms with Gasteiger partial charge in [0.25, 0.3) is 0 Å². The van der Waals surface area contributed by atoms with Crippen LogP contribution in [0.4, 0.5) is 4.39 Å². The summed E-state index contributed by atoms with van der Waals surface area (Å²) in [6.07, 6.45) is 0.638. The van der Waals surface area contributed by atoms with Crippen LogP contribution in [0.1, 0.15) is 39.5 Å². The van der Waals surface area contributed by atoms with Gasteiger partial charge in [0, 0.05) is 25.6 Å². The van der Waals surface area contributed by atoms with E-state index in [0.717, 1.165) is 25.8 Å². The Hall–Kier alpha value is -1.04. The van der Waals surface area contributed by atoms with E-state index in [4.69, 9.17) is 4.74 Å². The van der Waals surface area contributed by atoms with Crippen molar-refractivity contribution in [3.8, 4) is 0 Å². The van der Waals surface area contributed by atoms with E-state index in [0.29, 0.717) is 5.69 Å². The summed E-state index contributed by atoms with van der Waals surface area (Å²) in [7, 11) is 0. The van der Waals surface area contributed by atoms with Crippen LogP contribution in [0.2, 0.25) is 0 Å². The fourth-order valence-electron chi connectivity index (χ4n) is 3.09. The van der Waals surface area contributed by atoms with Crippen molar-refractivity contribution in [2.45, 2.75) is 45.5 Å². The SMILES string of the molecule is CC1CN(CC(C)C(O)c2ccc(F)cn2)CC(C)(C)O1. The van der Waals surface area contributed by atoms with Crippen molar-refractivity contribution in [1.29, 1.82) is 0 Å². The predicted octanol–water partition coefficient (Wildman–Crippen LogP) is 2.39. The smallest absolute Gasteiger partial charge is 0.141 e. The monoisotopic (exact) mass is 296 g/mol. The van der Waals surface area contributed by atoms with Gasteiger partial charge in [0.2, 0.25) is 0 Å². The van der Waals surface area contributed by atoms with Gasteiger partial charge >= 0.3 is 0 Å². The molecular formula is C16H25FN2O2. The van der Waals surface area contributed by atoms with Crippen LogP contribution in [0.25, 0.3) is 0 Å². The molecular weight excluding hydrogens is 271 g/mol. The Balaban J connectivity index is 1.97. The average Bonchev–Trinajstić information content (AvgIpc) is 2.36. The summed E-state index contributed by atoms with van der Waals surface area (Å²) in [6, 6.07) is 2.88. The summed E-state index contributed by atoms with van der Waals surface area (Å²) in [6.45, 7) is 10.7. The molecule has 1 fully saturated rings. The van der Waals surface area contributed by atoms with Crippen LogP contribution >= 0.6 is 0 Å². The quantitative estimate of drug-likeness (QED) is 0.926. The zero-order valence-corrected chi connectivity index (χ0v) is 13.2. The highest BCUT2D eigenvalue weighted by molar-refractivity contribution is 5.09. The fraction of sp³-hybridized carbons (Fsp3) is 0.688. The lowest BCUT2D eigenvalue weighted by molar-refractivity contribution is -0.133. The van der Waals surface area contributed by atoms with E-state index in [1.165, 1.54) is 6.07 Å². The second-order valence-corrected chi connectivity index (χ2v) is 6.71. The number of nitrogens with zero attached hydrogens (tertiary/aromatic N) is 2. The maximum absolute atomic E-state index is 12.9. The molecule has 5 heteroatoms. The highest BCUT2D eigenvalue weighted by Crippen LogP contribution is 2.25. The Morgan fingerprint density at radius 3 is 2.81 bits per heavy atom. The van der Waals surface area contributed by atoms with Crippen molar-refractivity contribution < 1.29 is 14.2 Å². The molecule has 1 N–H and O–H groups in total. The molecule has 3 unspecified atom stereocenters. The number of aliphatic hydroxyl groups excluding tert-OH is 1. The van der Waals surface area contributed by atoms with E-state index in [-0.39, 0.29) is 23.4 Å². The maximum atomic E-state index is 12.9. The molecule has 1 aromatic heterocycles. The van der Waals surface area contributed by atoms with Crippen molar-refractivity contribution in [1.82, 2.24) is 9.88 Å². The highest BCUT2D eigenvalue weighted by Gasteiger charge is 2.32. The summed E-state index contributed by atoms with van der Waals surface area (Å²) < 4.78 is 18.8. The number of ether oxygens (including phenoxy) is 1. The summed E-state index contributed by atoms with van der Waals surface area (Å²) >= 11 is 0. The molecule has 1 aliphatic heterocycles. The second-order valence-electron chi connectivity index (χ2n) is 6.71. The van der Waals surface area contributed by atoms with Crippen molar-refractivity contribution in [3.63, 3.8) is 0 Å². The Bertz CT molecular complexity index is 464. The first-order chi connectivity index (χ1) is 9.77. The van der Waals surface area contributed by atoms with Crippen molar-refractivity contribution in [2.75, 3.05) is 19.6 Å². The lowest BCUT2D eigenvalue weighted by Crippen LogP contribution is -2.53. The Morgan fingerprint density at radius 2 is 2.24 bits per heavy atom. The summed E-state index contributed by atoms with van der Waals surface area (Å²) in [5.41, 5.74) is 0.348. The van der Waals surface area contributed by atoms with Crippen molar-refractivity contribution in [2.24, 2.45) is 5.92 Å². The minimum absolute atomic E-state index is 0.0176. The van der Waals surface area contributed by atoms with Crippen molar-refractivity contribution in [3.05, 3.63) is 29.8 Å². The zero-order valence-electron chi connectivity index (χ0n) is 13.2. The second kappa shape index (κ2) is 6.38. The lowest BCUT2D eigenvalue weighted by Gasteiger charge is -2.43. The minimum atomic E-state index is -0.688. The molecule has 1 aromatic rings. The Labute approximate surface area is 125 Å². The number of morpholine rings is 1. The van der Waals surface area contributed by atoms with Crippen LogP contribution in [0.5, 0.6) is 0 Å². The summed E-state index contributed by atoms with van der Waals surface area (Å²) in [5.74, 6) is -0.369. The van der Waals surface area contributed by atoms with Crippen molar-refractivity contribution >= 4 is 0 Å². The van der Waals surface area contributed by atoms with Crippen LogP contribution in [0.15, 0.2) is 18.3 Å². The van der Waals surface area contributed by atoms with E-state index in [2.05, 4.69) is 30.7 Å². The Morgan fingerprint density at radius 1 is 1.52 bits per heavy atom. The minimum Gasteiger partial charge on any atom is -0.386 e. The number of hydrogen-bond acceptors (Lipinski definition) is 4. The first kappa shape index (κ1) is 16.3. The van der Waals surface area contributed by atoms with Gasteiger partial charge in [0.05, 0.1) is 29.7 Å². The summed E-state index contributed by atoms with van der Waals surface area (Å²) in [4.78, 5) is 6.28. The molecule has 1 aliphatic rings. The molecule has 2 rings (SSSR count). The molecule has 4 nitrogen and oxygen atoms in total. The van der Waals surface area contributed by atoms with Crippen LogP contribution < -0.4 is 0 Å². The van der Waals surface area contributed by atoms with Crippen LogP contribution in [0, 0.1) is 11.7 Å². The molecule has 0 aliphatic carbocycles. The number of aromatic nitrogens is 1. The molecule has 0 radical (unpaired) electrons. The topological polar surface area (TPSA) is 45.6 Å². The largest absolute Gasteiger partial charge is 0.386 e. The molecule has 0 spiro atoms. The number of rotatable bonds is 4. The zero-order chi connectivity index (χ0) is 15.6. The standard InChI is InChI=1S/C16H25FN2O2/c1-11(15(20)14-6-5-13(17)7-18-14)8-19-9-12(2)21-16(3,4)10-19/h5-7,11-12,15,20H,8-10H2,1-4H3. The predicted molar refractivity (Wildman–Crippen MR) is 79.4 cm³/mol. The summed E-state index contributed by atoms with van der Waals surface area (Å²) in [5, 5.41) is 10.4. The van der Waals surface area contributed by atoms with E-state index in [1.807, 2.05) is 6.92 Å². The molecule has 0 saturated carbocycles. The van der Waals surface area contributed by atoms with Crippen LogP contribution in [0.3, 0.4) is 0 Å². The van der Waals surface area contributed by atoms with Gasteiger partial charge in [-0.15, -0.1) is 0 Å². The van der Waals surface area contributed by atoms with Gasteiger partial charge in [-0.3, -0.25) is 9.88 Å². The third-order valence-corrected chi connectivity index (χ3v) is 3.78. The first-order valence-corrected chi connectivity index (χ1v) is 7.46. The van der Waals surface area contributed by atoms with Crippen LogP contribution in [-0.2, 0) is 4.74 Å². The number of hydrogen-bond donors (Lipinski definition) is 1. The van der Waals surface area contributed by atoms with Gasteiger partial charge in [0.1, 0.15) is 5.82 Å². The molecule has 118 valence electrons. The fourth-order valence-corrected chi connectivity index (χ4v) is 3.09. The highest BCUT2D eigenvalue weighted by atomic mass is 19.1. The van der Waals surface area contributed by atoms with E-state index >= 15 is 0 Å². The maximum Gasteiger partial charge on any atom is 0.141 e. The average molecular weight is 296 g/mol. The van der Waals surface area contributed by atoms with Gasteiger partial charge in [-0.05, 0) is 32.9 Å². The molecule has 0 aromatic carbocycles. The van der Waals surface area contributed by atoms with E-state index < -0.39 is 6.10 Å².